The van der Waals surface area contributed by atoms with Crippen LogP contribution in [0.1, 0.15) is 55.2 Å². The van der Waals surface area contributed by atoms with Crippen LogP contribution in [-0.2, 0) is 4.79 Å². The summed E-state index contributed by atoms with van der Waals surface area (Å²) < 4.78 is 0. The molecule has 0 spiro atoms. The van der Waals surface area contributed by atoms with Gasteiger partial charge in [-0.1, -0.05) is 18.2 Å². The Balaban J connectivity index is 1.31. The maximum absolute atomic E-state index is 13.0. The average molecular weight is 446 g/mol. The Morgan fingerprint density at radius 3 is 2.48 bits per heavy atom. The molecule has 2 aromatic carbocycles. The molecule has 1 amide bonds. The number of carbonyl (C=O) groups excluding carboxylic acids is 1. The predicted molar refractivity (Wildman–Crippen MR) is 132 cm³/mol. The summed E-state index contributed by atoms with van der Waals surface area (Å²) in [4.78, 5) is 15.6. The van der Waals surface area contributed by atoms with Crippen molar-refractivity contribution in [2.75, 3.05) is 23.5 Å². The number of rotatable bonds is 5. The normalized spacial score (nSPS) is 21.1. The lowest BCUT2D eigenvalue weighted by Crippen LogP contribution is -2.34. The molecule has 2 fully saturated rings. The van der Waals surface area contributed by atoms with Crippen molar-refractivity contribution >= 4 is 28.7 Å². The molecule has 1 saturated carbocycles. The lowest BCUT2D eigenvalue weighted by molar-refractivity contribution is -0.112. The minimum atomic E-state index is -0.286. The lowest BCUT2D eigenvalue weighted by Gasteiger charge is -2.32. The van der Waals surface area contributed by atoms with Crippen LogP contribution >= 0.6 is 0 Å². The Morgan fingerprint density at radius 2 is 1.79 bits per heavy atom. The van der Waals surface area contributed by atoms with Gasteiger partial charge in [-0.15, -0.1) is 0 Å². The number of amides is 1. The number of likely N-dealkylation sites (tertiary alicyclic amines) is 1. The number of piperidine rings is 1. The third-order valence-electron chi connectivity index (χ3n) is 7.11. The molecule has 1 saturated heterocycles. The number of aromatic hydroxyl groups is 1. The Morgan fingerprint density at radius 1 is 1.03 bits per heavy atom. The lowest BCUT2D eigenvalue weighted by atomic mass is 9.88. The van der Waals surface area contributed by atoms with Crippen molar-refractivity contribution in [2.24, 2.45) is 10.2 Å². The van der Waals surface area contributed by atoms with E-state index >= 15 is 0 Å². The van der Waals surface area contributed by atoms with Gasteiger partial charge in [0.15, 0.2) is 5.71 Å². The van der Waals surface area contributed by atoms with Crippen LogP contribution in [0, 0.1) is 13.8 Å². The summed E-state index contributed by atoms with van der Waals surface area (Å²) in [6, 6.07) is 12.3. The highest BCUT2D eigenvalue weighted by molar-refractivity contribution is 6.71. The highest BCUT2D eigenvalue weighted by Crippen LogP contribution is 2.40. The largest absolute Gasteiger partial charge is 0.505 e. The van der Waals surface area contributed by atoms with E-state index in [1.807, 2.05) is 44.2 Å². The molecule has 0 atom stereocenters. The molecule has 0 bridgehead atoms. The van der Waals surface area contributed by atoms with Crippen molar-refractivity contribution in [2.45, 2.75) is 58.4 Å². The van der Waals surface area contributed by atoms with E-state index in [1.165, 1.54) is 17.9 Å². The average Bonchev–Trinajstić information content (AvgIpc) is 3.62. The molecular formula is C26H31N5O2. The molecule has 33 heavy (non-hydrogen) atoms. The van der Waals surface area contributed by atoms with Crippen molar-refractivity contribution in [1.82, 2.24) is 4.90 Å². The number of hydrogen-bond donors (Lipinski definition) is 2. The first-order valence-corrected chi connectivity index (χ1v) is 11.8. The van der Waals surface area contributed by atoms with Gasteiger partial charge < -0.3 is 10.0 Å². The number of para-hydroxylation sites is 1. The number of carbonyl (C=O) groups is 1. The van der Waals surface area contributed by atoms with Gasteiger partial charge in [0.1, 0.15) is 5.75 Å². The van der Waals surface area contributed by atoms with Gasteiger partial charge in [0.05, 0.1) is 17.1 Å². The van der Waals surface area contributed by atoms with Gasteiger partial charge in [0, 0.05) is 6.04 Å². The van der Waals surface area contributed by atoms with E-state index in [0.29, 0.717) is 17.3 Å². The van der Waals surface area contributed by atoms with Crippen molar-refractivity contribution < 1.29 is 9.90 Å². The van der Waals surface area contributed by atoms with Gasteiger partial charge in [0.2, 0.25) is 0 Å². The molecule has 0 aromatic heterocycles. The molecule has 3 aliphatic rings. The van der Waals surface area contributed by atoms with Gasteiger partial charge >= 0.3 is 5.91 Å². The number of aryl methyl sites for hydroxylation is 2. The summed E-state index contributed by atoms with van der Waals surface area (Å²) in [5, 5.41) is 21.1. The van der Waals surface area contributed by atoms with Crippen molar-refractivity contribution in [3.63, 3.8) is 0 Å². The van der Waals surface area contributed by atoms with Crippen LogP contribution in [0.25, 0.3) is 0 Å². The predicted octanol–water partition coefficient (Wildman–Crippen LogP) is 4.54. The van der Waals surface area contributed by atoms with Crippen molar-refractivity contribution in [3.8, 4) is 5.75 Å². The summed E-state index contributed by atoms with van der Waals surface area (Å²) in [5.41, 5.74) is 8.15. The van der Waals surface area contributed by atoms with E-state index in [0.717, 1.165) is 54.4 Å². The van der Waals surface area contributed by atoms with Gasteiger partial charge in [0.25, 0.3) is 0 Å². The minimum absolute atomic E-state index is 0.220. The summed E-state index contributed by atoms with van der Waals surface area (Å²) in [5.74, 6) is 0.273. The van der Waals surface area contributed by atoms with E-state index < -0.39 is 0 Å². The summed E-state index contributed by atoms with van der Waals surface area (Å²) in [6.07, 6.45) is 4.77. The quantitative estimate of drug-likeness (QED) is 0.523. The molecule has 0 unspecified atom stereocenters. The first-order chi connectivity index (χ1) is 15.9. The number of hydrogen-bond acceptors (Lipinski definition) is 6. The topological polar surface area (TPSA) is 80.5 Å². The number of phenolic OH excluding ortho intramolecular Hbond substituents is 1. The van der Waals surface area contributed by atoms with E-state index in [4.69, 9.17) is 0 Å². The van der Waals surface area contributed by atoms with Crippen LogP contribution in [0.4, 0.5) is 11.4 Å². The molecule has 2 aliphatic heterocycles. The van der Waals surface area contributed by atoms with E-state index in [-0.39, 0.29) is 17.4 Å². The maximum atomic E-state index is 13.0. The van der Waals surface area contributed by atoms with E-state index in [9.17, 15) is 9.90 Å². The van der Waals surface area contributed by atoms with Crippen LogP contribution < -0.4 is 10.4 Å². The summed E-state index contributed by atoms with van der Waals surface area (Å²) in [6.45, 7) is 8.00. The fourth-order valence-corrected chi connectivity index (χ4v) is 4.77. The van der Waals surface area contributed by atoms with Gasteiger partial charge in [-0.2, -0.15) is 15.2 Å². The molecule has 7 nitrogen and oxygen atoms in total. The second-order valence-electron chi connectivity index (χ2n) is 9.43. The zero-order chi connectivity index (χ0) is 23.1. The zero-order valence-electron chi connectivity index (χ0n) is 19.5. The Labute approximate surface area is 194 Å². The highest BCUT2D eigenvalue weighted by Gasteiger charge is 2.33. The number of nitrogens with zero attached hydrogens (tertiary/aromatic N) is 4. The van der Waals surface area contributed by atoms with Gasteiger partial charge in [-0.3, -0.25) is 10.2 Å². The third kappa shape index (κ3) is 4.25. The minimum Gasteiger partial charge on any atom is -0.505 e. The standard InChI is InChI=1S/C26H31N5O2/c1-16-7-8-21(15-17(16)2)31-26(33)24(18(3)29-31)28-27-23-6-4-5-22(25(23)32)19-11-13-30(14-12-19)20-9-10-20/h4-8,15,19-20,27,32H,9-14H2,1-3H3/b28-24+. The first-order valence-electron chi connectivity index (χ1n) is 11.8. The Hall–Kier alpha value is -3.19. The molecule has 1 aliphatic carbocycles. The molecule has 2 N–H and O–H groups in total. The molecule has 2 aromatic rings. The smallest absolute Gasteiger partial charge is 0.301 e. The Kier molecular flexibility index (Phi) is 5.66. The Bertz CT molecular complexity index is 1140. The van der Waals surface area contributed by atoms with Crippen LogP contribution in [-0.4, -0.2) is 46.5 Å². The number of hydrazone groups is 2. The first kappa shape index (κ1) is 21.6. The molecule has 5 rings (SSSR count). The molecule has 7 heteroatoms. The van der Waals surface area contributed by atoms with Gasteiger partial charge in [-0.05, 0) is 100 Å². The molecule has 172 valence electrons. The van der Waals surface area contributed by atoms with Crippen LogP contribution in [0.5, 0.6) is 5.75 Å². The number of anilines is 2. The van der Waals surface area contributed by atoms with Crippen LogP contribution in [0.15, 0.2) is 46.6 Å². The van der Waals surface area contributed by atoms with Crippen molar-refractivity contribution in [1.29, 1.82) is 0 Å². The second kappa shape index (κ2) is 8.63. The number of benzene rings is 2. The van der Waals surface area contributed by atoms with Crippen molar-refractivity contribution in [3.05, 3.63) is 53.1 Å². The molecular weight excluding hydrogens is 414 g/mol. The fourth-order valence-electron chi connectivity index (χ4n) is 4.77. The molecule has 2 heterocycles. The number of nitrogens with one attached hydrogen (secondary N) is 1. The molecule has 0 radical (unpaired) electrons. The van der Waals surface area contributed by atoms with E-state index in [1.54, 1.807) is 13.0 Å². The van der Waals surface area contributed by atoms with Crippen LogP contribution in [0.2, 0.25) is 0 Å². The van der Waals surface area contributed by atoms with Gasteiger partial charge in [-0.25, -0.2) is 0 Å². The summed E-state index contributed by atoms with van der Waals surface area (Å²) in [7, 11) is 0. The second-order valence-corrected chi connectivity index (χ2v) is 9.43. The van der Waals surface area contributed by atoms with E-state index in [2.05, 4.69) is 20.5 Å². The maximum Gasteiger partial charge on any atom is 0.301 e. The zero-order valence-corrected chi connectivity index (χ0v) is 19.5. The number of phenols is 1. The fraction of sp³-hybridized carbons (Fsp3) is 0.423. The monoisotopic (exact) mass is 445 g/mol. The third-order valence-corrected chi connectivity index (χ3v) is 7.11. The highest BCUT2D eigenvalue weighted by atomic mass is 16.3. The summed E-state index contributed by atoms with van der Waals surface area (Å²) >= 11 is 0. The van der Waals surface area contributed by atoms with Crippen LogP contribution in [0.3, 0.4) is 0 Å². The SMILES string of the molecule is CC1=NN(c2ccc(C)c(C)c2)C(=O)/C1=N/Nc1cccc(C2CCN(C3CC3)CC2)c1O.